The molecule has 1 spiro atoms. The number of benzene rings is 2. The normalized spacial score (nSPS) is 28.6. The van der Waals surface area contributed by atoms with Gasteiger partial charge < -0.3 is 19.7 Å². The van der Waals surface area contributed by atoms with Crippen molar-refractivity contribution in [3.63, 3.8) is 0 Å². The van der Waals surface area contributed by atoms with E-state index in [1.807, 2.05) is 66.7 Å². The fraction of sp³-hybridized carbons (Fsp3) is 0.333. The van der Waals surface area contributed by atoms with Crippen molar-refractivity contribution in [2.24, 2.45) is 11.8 Å². The Balaban J connectivity index is 1.27. The smallest absolute Gasteiger partial charge is 0.234 e. The summed E-state index contributed by atoms with van der Waals surface area (Å²) in [5.41, 5.74) is 1.25. The number of rotatable bonds is 6. The van der Waals surface area contributed by atoms with Crippen LogP contribution in [-0.4, -0.2) is 43.7 Å². The van der Waals surface area contributed by atoms with Gasteiger partial charge in [-0.2, -0.15) is 0 Å². The second-order valence-corrected chi connectivity index (χ2v) is 8.05. The molecule has 6 heteroatoms. The molecule has 2 aromatic rings. The minimum absolute atomic E-state index is 0.0386. The summed E-state index contributed by atoms with van der Waals surface area (Å²) in [6, 6.07) is 17.4. The van der Waals surface area contributed by atoms with Crippen LogP contribution in [-0.2, 0) is 20.7 Å². The number of hydrogen-bond acceptors (Lipinski definition) is 4. The first kappa shape index (κ1) is 18.9. The predicted octanol–water partition coefficient (Wildman–Crippen LogP) is 2.34. The van der Waals surface area contributed by atoms with Gasteiger partial charge in [0.25, 0.3) is 0 Å². The lowest BCUT2D eigenvalue weighted by Crippen LogP contribution is -2.44. The quantitative estimate of drug-likeness (QED) is 0.751. The zero-order valence-electron chi connectivity index (χ0n) is 16.8. The van der Waals surface area contributed by atoms with E-state index in [9.17, 15) is 9.59 Å². The first-order valence-corrected chi connectivity index (χ1v) is 10.3. The van der Waals surface area contributed by atoms with Gasteiger partial charge in [0.1, 0.15) is 11.4 Å². The summed E-state index contributed by atoms with van der Waals surface area (Å²) in [6.07, 6.45) is 4.29. The molecule has 2 fully saturated rings. The topological polar surface area (TPSA) is 67.9 Å². The molecule has 0 aliphatic carbocycles. The molecule has 154 valence electrons. The SMILES string of the molecule is COc1ccc(CCNC(=O)[C@H]2[C@H]3C=C[C@]4(CN(c5ccccc5)C(=O)[C@@H]24)O3)cc1. The van der Waals surface area contributed by atoms with E-state index in [2.05, 4.69) is 5.32 Å². The van der Waals surface area contributed by atoms with Crippen LogP contribution in [0.15, 0.2) is 66.7 Å². The van der Waals surface area contributed by atoms with Crippen LogP contribution in [0.4, 0.5) is 5.69 Å². The van der Waals surface area contributed by atoms with Gasteiger partial charge in [0.2, 0.25) is 11.8 Å². The molecule has 30 heavy (non-hydrogen) atoms. The van der Waals surface area contributed by atoms with Crippen LogP contribution in [0.3, 0.4) is 0 Å². The van der Waals surface area contributed by atoms with E-state index in [0.29, 0.717) is 19.5 Å². The van der Waals surface area contributed by atoms with E-state index < -0.39 is 17.4 Å². The lowest BCUT2D eigenvalue weighted by atomic mass is 9.77. The summed E-state index contributed by atoms with van der Waals surface area (Å²) >= 11 is 0. The number of fused-ring (bicyclic) bond motifs is 1. The van der Waals surface area contributed by atoms with E-state index in [4.69, 9.17) is 9.47 Å². The Morgan fingerprint density at radius 2 is 1.97 bits per heavy atom. The monoisotopic (exact) mass is 404 g/mol. The Kier molecular flexibility index (Phi) is 4.59. The maximum absolute atomic E-state index is 13.3. The molecule has 2 bridgehead atoms. The average Bonchev–Trinajstić information content (AvgIpc) is 3.43. The van der Waals surface area contributed by atoms with Crippen LogP contribution in [0.1, 0.15) is 5.56 Å². The van der Waals surface area contributed by atoms with Crippen molar-refractivity contribution < 1.29 is 19.1 Å². The summed E-state index contributed by atoms with van der Waals surface area (Å²) < 4.78 is 11.4. The summed E-state index contributed by atoms with van der Waals surface area (Å²) in [6.45, 7) is 0.956. The zero-order chi connectivity index (χ0) is 20.7. The van der Waals surface area contributed by atoms with E-state index in [1.165, 1.54) is 0 Å². The van der Waals surface area contributed by atoms with E-state index in [1.54, 1.807) is 12.0 Å². The number of carbonyl (C=O) groups excluding carboxylic acids is 2. The fourth-order valence-electron chi connectivity index (χ4n) is 4.86. The maximum Gasteiger partial charge on any atom is 0.234 e. The van der Waals surface area contributed by atoms with Crippen molar-refractivity contribution in [3.05, 3.63) is 72.3 Å². The highest BCUT2D eigenvalue weighted by Gasteiger charge is 2.66. The second kappa shape index (κ2) is 7.29. The summed E-state index contributed by atoms with van der Waals surface area (Å²) in [5, 5.41) is 3.02. The molecule has 2 aromatic carbocycles. The lowest BCUT2D eigenvalue weighted by Gasteiger charge is -2.23. The van der Waals surface area contributed by atoms with Crippen molar-refractivity contribution in [2.75, 3.05) is 25.1 Å². The lowest BCUT2D eigenvalue weighted by molar-refractivity contribution is -0.131. The predicted molar refractivity (Wildman–Crippen MR) is 112 cm³/mol. The molecule has 6 nitrogen and oxygen atoms in total. The van der Waals surface area contributed by atoms with Crippen LogP contribution < -0.4 is 15.0 Å². The summed E-state index contributed by atoms with van der Waals surface area (Å²) in [7, 11) is 1.64. The first-order valence-electron chi connectivity index (χ1n) is 10.3. The van der Waals surface area contributed by atoms with Crippen molar-refractivity contribution in [3.8, 4) is 5.75 Å². The van der Waals surface area contributed by atoms with E-state index >= 15 is 0 Å². The Morgan fingerprint density at radius 3 is 2.70 bits per heavy atom. The molecule has 2 saturated heterocycles. The van der Waals surface area contributed by atoms with Crippen LogP contribution in [0.5, 0.6) is 5.75 Å². The van der Waals surface area contributed by atoms with Gasteiger partial charge in [0.15, 0.2) is 0 Å². The molecule has 3 aliphatic rings. The highest BCUT2D eigenvalue weighted by Crippen LogP contribution is 2.52. The van der Waals surface area contributed by atoms with Crippen molar-refractivity contribution >= 4 is 17.5 Å². The fourth-order valence-corrected chi connectivity index (χ4v) is 4.86. The Hall–Kier alpha value is -3.12. The van der Waals surface area contributed by atoms with Crippen LogP contribution in [0.2, 0.25) is 0 Å². The molecule has 0 radical (unpaired) electrons. The molecule has 3 heterocycles. The molecule has 0 saturated carbocycles. The van der Waals surface area contributed by atoms with Gasteiger partial charge in [-0.1, -0.05) is 42.5 Å². The largest absolute Gasteiger partial charge is 0.497 e. The minimum atomic E-state index is -0.699. The molecule has 2 amide bonds. The van der Waals surface area contributed by atoms with Crippen LogP contribution >= 0.6 is 0 Å². The van der Waals surface area contributed by atoms with Gasteiger partial charge in [-0.3, -0.25) is 9.59 Å². The minimum Gasteiger partial charge on any atom is -0.497 e. The molecular weight excluding hydrogens is 380 g/mol. The van der Waals surface area contributed by atoms with Gasteiger partial charge in [-0.25, -0.2) is 0 Å². The summed E-state index contributed by atoms with van der Waals surface area (Å²) in [5.74, 6) is -0.321. The molecule has 0 aromatic heterocycles. The molecular formula is C24H24N2O4. The molecule has 3 aliphatic heterocycles. The molecule has 4 atom stereocenters. The second-order valence-electron chi connectivity index (χ2n) is 8.05. The standard InChI is InChI=1S/C24H24N2O4/c1-29-18-9-7-16(8-10-18)12-14-25-22(27)20-19-11-13-24(30-19)15-26(23(28)21(20)24)17-5-3-2-4-6-17/h2-11,13,19-21H,12,14-15H2,1H3,(H,25,27)/t19-,20+,21-,24-/m1/s1. The Labute approximate surface area is 175 Å². The number of nitrogens with zero attached hydrogens (tertiary/aromatic N) is 1. The molecule has 1 N–H and O–H groups in total. The maximum atomic E-state index is 13.3. The number of amides is 2. The number of anilines is 1. The molecule has 5 rings (SSSR count). The number of methoxy groups -OCH3 is 1. The Bertz CT molecular complexity index is 988. The summed E-state index contributed by atoms with van der Waals surface area (Å²) in [4.78, 5) is 28.0. The highest BCUT2D eigenvalue weighted by atomic mass is 16.5. The Morgan fingerprint density at radius 1 is 1.20 bits per heavy atom. The third kappa shape index (κ3) is 2.99. The number of ether oxygens (including phenoxy) is 2. The van der Waals surface area contributed by atoms with Crippen LogP contribution in [0, 0.1) is 11.8 Å². The van der Waals surface area contributed by atoms with Crippen molar-refractivity contribution in [1.82, 2.24) is 5.32 Å². The number of carbonyl (C=O) groups is 2. The highest BCUT2D eigenvalue weighted by molar-refractivity contribution is 6.03. The van der Waals surface area contributed by atoms with Gasteiger partial charge in [0, 0.05) is 12.2 Å². The van der Waals surface area contributed by atoms with E-state index in [0.717, 1.165) is 17.0 Å². The average molecular weight is 404 g/mol. The molecule has 0 unspecified atom stereocenters. The van der Waals surface area contributed by atoms with Crippen LogP contribution in [0.25, 0.3) is 0 Å². The third-order valence-corrected chi connectivity index (χ3v) is 6.34. The third-order valence-electron chi connectivity index (χ3n) is 6.34. The van der Waals surface area contributed by atoms with E-state index in [-0.39, 0.29) is 17.9 Å². The van der Waals surface area contributed by atoms with Gasteiger partial charge in [0.05, 0.1) is 31.6 Å². The van der Waals surface area contributed by atoms with Crippen molar-refractivity contribution in [1.29, 1.82) is 0 Å². The van der Waals surface area contributed by atoms with Gasteiger partial charge in [-0.05, 0) is 36.2 Å². The zero-order valence-corrected chi connectivity index (χ0v) is 16.8. The van der Waals surface area contributed by atoms with Crippen molar-refractivity contribution in [2.45, 2.75) is 18.1 Å². The van der Waals surface area contributed by atoms with Gasteiger partial charge >= 0.3 is 0 Å². The first-order chi connectivity index (χ1) is 14.6. The number of hydrogen-bond donors (Lipinski definition) is 1. The number of para-hydroxylation sites is 1. The van der Waals surface area contributed by atoms with Gasteiger partial charge in [-0.15, -0.1) is 0 Å². The number of nitrogens with one attached hydrogen (secondary N) is 1.